The van der Waals surface area contributed by atoms with E-state index in [4.69, 9.17) is 14.6 Å². The topological polar surface area (TPSA) is 58.6 Å². The van der Waals surface area contributed by atoms with Crippen LogP contribution in [0.5, 0.6) is 5.75 Å². The van der Waals surface area contributed by atoms with Crippen molar-refractivity contribution in [1.82, 2.24) is 5.32 Å². The third kappa shape index (κ3) is 4.37. The van der Waals surface area contributed by atoms with Crippen molar-refractivity contribution in [2.75, 3.05) is 20.2 Å². The summed E-state index contributed by atoms with van der Waals surface area (Å²) in [6.07, 6.45) is -1.10. The van der Waals surface area contributed by atoms with E-state index in [2.05, 4.69) is 23.5 Å². The van der Waals surface area contributed by atoms with Gasteiger partial charge < -0.3 is 15.2 Å². The number of alkyl halides is 3. The number of carbonyl (C=O) groups is 1. The van der Waals surface area contributed by atoms with Gasteiger partial charge in [-0.25, -0.2) is 4.79 Å². The minimum absolute atomic E-state index is 0.687. The fraction of sp³-hybridized carbons (Fsp3) is 0.562. The lowest BCUT2D eigenvalue weighted by Crippen LogP contribution is -2.60. The van der Waals surface area contributed by atoms with Crippen LogP contribution in [-0.4, -0.2) is 37.5 Å². The first-order chi connectivity index (χ1) is 10.8. The first-order valence-corrected chi connectivity index (χ1v) is 7.38. The molecule has 0 unspecified atom stereocenters. The van der Waals surface area contributed by atoms with Crippen LogP contribution in [0.4, 0.5) is 13.2 Å². The summed E-state index contributed by atoms with van der Waals surface area (Å²) in [6, 6.07) is 8.41. The average molecular weight is 331 g/mol. The van der Waals surface area contributed by atoms with Gasteiger partial charge in [0, 0.05) is 13.1 Å². The highest BCUT2D eigenvalue weighted by Crippen LogP contribution is 2.49. The van der Waals surface area contributed by atoms with Gasteiger partial charge in [0.1, 0.15) is 5.75 Å². The Morgan fingerprint density at radius 3 is 2.35 bits per heavy atom. The number of para-hydroxylation sites is 1. The number of aliphatic carboxylic acids is 1. The minimum atomic E-state index is -5.08. The Labute approximate surface area is 132 Å². The maximum atomic E-state index is 10.6. The summed E-state index contributed by atoms with van der Waals surface area (Å²) >= 11 is 0. The van der Waals surface area contributed by atoms with Gasteiger partial charge in [0.25, 0.3) is 0 Å². The lowest BCUT2D eigenvalue weighted by molar-refractivity contribution is -0.192. The maximum Gasteiger partial charge on any atom is 0.490 e. The van der Waals surface area contributed by atoms with Crippen LogP contribution in [0.1, 0.15) is 18.4 Å². The van der Waals surface area contributed by atoms with Crippen molar-refractivity contribution in [2.45, 2.75) is 25.4 Å². The van der Waals surface area contributed by atoms with E-state index in [9.17, 15) is 13.2 Å². The molecule has 1 spiro atoms. The molecule has 2 fully saturated rings. The van der Waals surface area contributed by atoms with Crippen molar-refractivity contribution in [3.63, 3.8) is 0 Å². The summed E-state index contributed by atoms with van der Waals surface area (Å²) in [5, 5.41) is 10.5. The summed E-state index contributed by atoms with van der Waals surface area (Å²) < 4.78 is 37.1. The first-order valence-electron chi connectivity index (χ1n) is 7.38. The number of methoxy groups -OCH3 is 1. The third-order valence-corrected chi connectivity index (χ3v) is 4.39. The molecule has 3 rings (SSSR count). The zero-order valence-electron chi connectivity index (χ0n) is 12.8. The van der Waals surface area contributed by atoms with E-state index in [1.54, 1.807) is 7.11 Å². The van der Waals surface area contributed by atoms with E-state index in [1.165, 1.54) is 37.9 Å². The summed E-state index contributed by atoms with van der Waals surface area (Å²) in [5.74, 6) is -0.832. The molecule has 0 atom stereocenters. The molecule has 1 saturated carbocycles. The maximum absolute atomic E-state index is 10.6. The van der Waals surface area contributed by atoms with Crippen molar-refractivity contribution in [1.29, 1.82) is 0 Å². The summed E-state index contributed by atoms with van der Waals surface area (Å²) in [4.78, 5) is 8.90. The molecule has 1 aromatic rings. The van der Waals surface area contributed by atoms with Crippen LogP contribution in [0.15, 0.2) is 24.3 Å². The number of carboxylic acid groups (broad SMARTS) is 1. The van der Waals surface area contributed by atoms with Crippen molar-refractivity contribution in [3.05, 3.63) is 29.8 Å². The Kier molecular flexibility index (Phi) is 5.19. The zero-order chi connectivity index (χ0) is 17.1. The Morgan fingerprint density at radius 2 is 1.91 bits per heavy atom. The molecule has 1 aromatic carbocycles. The Morgan fingerprint density at radius 1 is 1.35 bits per heavy atom. The molecule has 23 heavy (non-hydrogen) atoms. The van der Waals surface area contributed by atoms with Crippen LogP contribution in [-0.2, 0) is 11.2 Å². The number of nitrogens with one attached hydrogen (secondary N) is 1. The number of carboxylic acids is 1. The first kappa shape index (κ1) is 17.6. The second-order valence-electron chi connectivity index (χ2n) is 6.20. The molecule has 1 heterocycles. The summed E-state index contributed by atoms with van der Waals surface area (Å²) in [7, 11) is 1.76. The molecule has 2 aliphatic rings. The third-order valence-electron chi connectivity index (χ3n) is 4.39. The van der Waals surface area contributed by atoms with Crippen LogP contribution in [0, 0.1) is 11.3 Å². The SMILES string of the molecule is COc1ccccc1CC1CC2(CNC2)C1.O=C(O)C(F)(F)F. The lowest BCUT2D eigenvalue weighted by atomic mass is 9.57. The van der Waals surface area contributed by atoms with Gasteiger partial charge >= 0.3 is 12.1 Å². The second kappa shape index (κ2) is 6.78. The normalized spacial score (nSPS) is 19.1. The van der Waals surface area contributed by atoms with Crippen LogP contribution in [0.2, 0.25) is 0 Å². The van der Waals surface area contributed by atoms with Crippen LogP contribution in [0.25, 0.3) is 0 Å². The molecule has 2 N–H and O–H groups in total. The van der Waals surface area contributed by atoms with E-state index in [-0.39, 0.29) is 0 Å². The van der Waals surface area contributed by atoms with Gasteiger partial charge in [-0.3, -0.25) is 0 Å². The van der Waals surface area contributed by atoms with Crippen molar-refractivity contribution in [3.8, 4) is 5.75 Å². The van der Waals surface area contributed by atoms with Gasteiger partial charge in [-0.2, -0.15) is 13.2 Å². The Balaban J connectivity index is 0.000000236. The smallest absolute Gasteiger partial charge is 0.490 e. The van der Waals surface area contributed by atoms with E-state index in [0.29, 0.717) is 5.41 Å². The number of halogens is 3. The molecule has 1 saturated heterocycles. The molecule has 128 valence electrons. The van der Waals surface area contributed by atoms with Crippen LogP contribution < -0.4 is 10.1 Å². The Hall–Kier alpha value is -1.76. The fourth-order valence-electron chi connectivity index (χ4n) is 3.26. The predicted octanol–water partition coefficient (Wildman–Crippen LogP) is 2.87. The van der Waals surface area contributed by atoms with E-state index in [1.807, 2.05) is 6.07 Å². The number of benzene rings is 1. The quantitative estimate of drug-likeness (QED) is 0.894. The van der Waals surface area contributed by atoms with E-state index in [0.717, 1.165) is 11.7 Å². The zero-order valence-corrected chi connectivity index (χ0v) is 12.8. The molecular weight excluding hydrogens is 311 g/mol. The number of rotatable bonds is 3. The highest BCUT2D eigenvalue weighted by Gasteiger charge is 2.48. The molecule has 7 heteroatoms. The van der Waals surface area contributed by atoms with Crippen LogP contribution in [0.3, 0.4) is 0 Å². The standard InChI is InChI=1S/C14H19NO.C2HF3O2/c1-16-13-5-3-2-4-12(13)6-11-7-14(8-11)9-15-10-14;3-2(4,5)1(6)7/h2-5,11,15H,6-10H2,1H3;(H,6,7). The van der Waals surface area contributed by atoms with E-state index >= 15 is 0 Å². The summed E-state index contributed by atoms with van der Waals surface area (Å²) in [5.41, 5.74) is 2.06. The molecule has 0 bridgehead atoms. The Bertz CT molecular complexity index is 548. The fourth-order valence-corrected chi connectivity index (χ4v) is 3.26. The second-order valence-corrected chi connectivity index (χ2v) is 6.20. The molecular formula is C16H20F3NO3. The minimum Gasteiger partial charge on any atom is -0.496 e. The van der Waals surface area contributed by atoms with Gasteiger partial charge in [0.05, 0.1) is 7.11 Å². The monoisotopic (exact) mass is 331 g/mol. The molecule has 0 aromatic heterocycles. The molecule has 1 aliphatic carbocycles. The van der Waals surface area contributed by atoms with Gasteiger partial charge in [0.15, 0.2) is 0 Å². The molecule has 1 aliphatic heterocycles. The highest BCUT2D eigenvalue weighted by atomic mass is 19.4. The van der Waals surface area contributed by atoms with Gasteiger partial charge in [-0.05, 0) is 42.2 Å². The largest absolute Gasteiger partial charge is 0.496 e. The van der Waals surface area contributed by atoms with Gasteiger partial charge in [0.2, 0.25) is 0 Å². The number of hydrogen-bond acceptors (Lipinski definition) is 3. The molecule has 0 radical (unpaired) electrons. The average Bonchev–Trinajstić information content (AvgIpc) is 2.40. The van der Waals surface area contributed by atoms with Crippen molar-refractivity contribution in [2.24, 2.45) is 11.3 Å². The lowest BCUT2D eigenvalue weighted by Gasteiger charge is -2.54. The highest BCUT2D eigenvalue weighted by molar-refractivity contribution is 5.73. The van der Waals surface area contributed by atoms with Gasteiger partial charge in [-0.15, -0.1) is 0 Å². The summed E-state index contributed by atoms with van der Waals surface area (Å²) in [6.45, 7) is 2.49. The van der Waals surface area contributed by atoms with Crippen molar-refractivity contribution < 1.29 is 27.8 Å². The van der Waals surface area contributed by atoms with Crippen LogP contribution >= 0.6 is 0 Å². The molecule has 0 amide bonds. The number of hydrogen-bond donors (Lipinski definition) is 2. The van der Waals surface area contributed by atoms with Gasteiger partial charge in [-0.1, -0.05) is 18.2 Å². The van der Waals surface area contributed by atoms with E-state index < -0.39 is 12.1 Å². The van der Waals surface area contributed by atoms with Crippen molar-refractivity contribution >= 4 is 5.97 Å². The predicted molar refractivity (Wildman–Crippen MR) is 78.4 cm³/mol. The molecule has 4 nitrogen and oxygen atoms in total. The number of ether oxygens (including phenoxy) is 1.